The van der Waals surface area contributed by atoms with Crippen LogP contribution in [-0.4, -0.2) is 29.1 Å². The van der Waals surface area contributed by atoms with Gasteiger partial charge >= 0.3 is 0 Å². The van der Waals surface area contributed by atoms with Gasteiger partial charge in [0.15, 0.2) is 0 Å². The summed E-state index contributed by atoms with van der Waals surface area (Å²) in [6, 6.07) is 8.01. The van der Waals surface area contributed by atoms with Crippen LogP contribution in [0, 0.1) is 10.1 Å². The summed E-state index contributed by atoms with van der Waals surface area (Å²) in [6.45, 7) is 0.216. The second kappa shape index (κ2) is 6.51. The van der Waals surface area contributed by atoms with Gasteiger partial charge in [0.25, 0.3) is 5.69 Å². The third-order valence-corrected chi connectivity index (χ3v) is 2.72. The average molecular weight is 290 g/mol. The minimum atomic E-state index is -0.427. The number of methoxy groups -OCH3 is 2. The van der Waals surface area contributed by atoms with Crippen LogP contribution in [0.15, 0.2) is 30.3 Å². The van der Waals surface area contributed by atoms with Crippen LogP contribution >= 0.6 is 0 Å². The number of anilines is 1. The number of hydrogen-bond acceptors (Lipinski definition) is 7. The molecule has 0 amide bonds. The molecule has 0 radical (unpaired) electrons. The Morgan fingerprint density at radius 3 is 2.38 bits per heavy atom. The fourth-order valence-electron chi connectivity index (χ4n) is 1.70. The number of para-hydroxylation sites is 1. The Labute approximate surface area is 120 Å². The maximum absolute atomic E-state index is 10.9. The standard InChI is InChI=1S/C13H14N4O4/c1-20-11-7-12(21-2)16-13(15-11)14-8-9-5-3-4-6-10(9)17(18)19/h3-7H,8H2,1-2H3,(H,14,15,16). The number of ether oxygens (including phenoxy) is 2. The number of nitrogens with zero attached hydrogens (tertiary/aromatic N) is 3. The molecule has 0 fully saturated rings. The van der Waals surface area contributed by atoms with Crippen molar-refractivity contribution in [2.24, 2.45) is 0 Å². The van der Waals surface area contributed by atoms with Crippen molar-refractivity contribution in [2.45, 2.75) is 6.54 Å². The first-order valence-corrected chi connectivity index (χ1v) is 6.07. The number of aromatic nitrogens is 2. The molecule has 110 valence electrons. The van der Waals surface area contributed by atoms with Gasteiger partial charge in [-0.15, -0.1) is 0 Å². The van der Waals surface area contributed by atoms with Crippen LogP contribution in [0.4, 0.5) is 11.6 Å². The maximum Gasteiger partial charge on any atom is 0.274 e. The molecular weight excluding hydrogens is 276 g/mol. The van der Waals surface area contributed by atoms with Gasteiger partial charge in [0.2, 0.25) is 17.7 Å². The van der Waals surface area contributed by atoms with E-state index in [9.17, 15) is 10.1 Å². The van der Waals surface area contributed by atoms with Crippen molar-refractivity contribution in [2.75, 3.05) is 19.5 Å². The minimum Gasteiger partial charge on any atom is -0.481 e. The molecule has 2 aromatic rings. The molecule has 0 aliphatic carbocycles. The van der Waals surface area contributed by atoms with Crippen molar-refractivity contribution in [3.05, 3.63) is 46.0 Å². The molecule has 2 rings (SSSR count). The monoisotopic (exact) mass is 290 g/mol. The highest BCUT2D eigenvalue weighted by Gasteiger charge is 2.13. The van der Waals surface area contributed by atoms with Crippen molar-refractivity contribution in [1.82, 2.24) is 9.97 Å². The lowest BCUT2D eigenvalue weighted by molar-refractivity contribution is -0.385. The van der Waals surface area contributed by atoms with E-state index in [1.54, 1.807) is 18.2 Å². The lowest BCUT2D eigenvalue weighted by Gasteiger charge is -2.08. The summed E-state index contributed by atoms with van der Waals surface area (Å²) in [5.41, 5.74) is 0.577. The van der Waals surface area contributed by atoms with Gasteiger partial charge in [-0.2, -0.15) is 9.97 Å². The molecule has 1 aromatic heterocycles. The molecule has 0 aliphatic rings. The molecule has 0 spiro atoms. The van der Waals surface area contributed by atoms with Crippen LogP contribution < -0.4 is 14.8 Å². The van der Waals surface area contributed by atoms with Gasteiger partial charge in [-0.3, -0.25) is 10.1 Å². The van der Waals surface area contributed by atoms with Gasteiger partial charge in [-0.25, -0.2) is 0 Å². The zero-order valence-electron chi connectivity index (χ0n) is 11.6. The second-order valence-corrected chi connectivity index (χ2v) is 4.02. The van der Waals surface area contributed by atoms with Gasteiger partial charge < -0.3 is 14.8 Å². The normalized spacial score (nSPS) is 10.0. The highest BCUT2D eigenvalue weighted by molar-refractivity contribution is 5.43. The Balaban J connectivity index is 2.18. The zero-order valence-corrected chi connectivity index (χ0v) is 11.6. The summed E-state index contributed by atoms with van der Waals surface area (Å²) >= 11 is 0. The van der Waals surface area contributed by atoms with Gasteiger partial charge in [0.1, 0.15) is 0 Å². The third-order valence-electron chi connectivity index (χ3n) is 2.72. The predicted molar refractivity (Wildman–Crippen MR) is 75.6 cm³/mol. The molecule has 0 bridgehead atoms. The quantitative estimate of drug-likeness (QED) is 0.641. The molecule has 0 unspecified atom stereocenters. The molecular formula is C13H14N4O4. The lowest BCUT2D eigenvalue weighted by Crippen LogP contribution is -2.07. The minimum absolute atomic E-state index is 0.0415. The maximum atomic E-state index is 10.9. The van der Waals surface area contributed by atoms with E-state index in [0.29, 0.717) is 17.3 Å². The van der Waals surface area contributed by atoms with E-state index >= 15 is 0 Å². The molecule has 1 heterocycles. The van der Waals surface area contributed by atoms with E-state index in [1.807, 2.05) is 0 Å². The van der Waals surface area contributed by atoms with Gasteiger partial charge in [0.05, 0.1) is 25.2 Å². The number of rotatable bonds is 6. The Kier molecular flexibility index (Phi) is 4.50. The van der Waals surface area contributed by atoms with Crippen LogP contribution in [0.3, 0.4) is 0 Å². The van der Waals surface area contributed by atoms with E-state index in [2.05, 4.69) is 15.3 Å². The lowest BCUT2D eigenvalue weighted by atomic mass is 10.2. The van der Waals surface area contributed by atoms with E-state index in [-0.39, 0.29) is 18.2 Å². The Bertz CT molecular complexity index is 626. The van der Waals surface area contributed by atoms with Crippen LogP contribution in [0.5, 0.6) is 11.8 Å². The first kappa shape index (κ1) is 14.5. The van der Waals surface area contributed by atoms with Crippen molar-refractivity contribution in [1.29, 1.82) is 0 Å². The van der Waals surface area contributed by atoms with E-state index < -0.39 is 4.92 Å². The van der Waals surface area contributed by atoms with E-state index in [4.69, 9.17) is 9.47 Å². The number of nitro benzene ring substituents is 1. The molecule has 0 saturated carbocycles. The van der Waals surface area contributed by atoms with Crippen molar-refractivity contribution in [3.8, 4) is 11.8 Å². The number of nitrogens with one attached hydrogen (secondary N) is 1. The summed E-state index contributed by atoms with van der Waals surface area (Å²) < 4.78 is 10.1. The Hall–Kier alpha value is -2.90. The third kappa shape index (κ3) is 3.56. The average Bonchev–Trinajstić information content (AvgIpc) is 2.52. The van der Waals surface area contributed by atoms with Crippen LogP contribution in [-0.2, 0) is 6.54 Å². The highest BCUT2D eigenvalue weighted by Crippen LogP contribution is 2.20. The largest absolute Gasteiger partial charge is 0.481 e. The molecule has 0 atom stereocenters. The van der Waals surface area contributed by atoms with Crippen molar-refractivity contribution in [3.63, 3.8) is 0 Å². The molecule has 21 heavy (non-hydrogen) atoms. The van der Waals surface area contributed by atoms with Gasteiger partial charge in [-0.05, 0) is 0 Å². The summed E-state index contributed by atoms with van der Waals surface area (Å²) in [7, 11) is 2.96. The Morgan fingerprint density at radius 1 is 1.19 bits per heavy atom. The SMILES string of the molecule is COc1cc(OC)nc(NCc2ccccc2[N+](=O)[O-])n1. The van der Waals surface area contributed by atoms with Gasteiger partial charge in [-0.1, -0.05) is 18.2 Å². The number of hydrogen-bond donors (Lipinski definition) is 1. The predicted octanol–water partition coefficient (Wildman–Crippen LogP) is 2.01. The fraction of sp³-hybridized carbons (Fsp3) is 0.231. The zero-order chi connectivity index (χ0) is 15.2. The summed E-state index contributed by atoms with van der Waals surface area (Å²) in [6.07, 6.45) is 0. The highest BCUT2D eigenvalue weighted by atomic mass is 16.6. The summed E-state index contributed by atoms with van der Waals surface area (Å²) in [5, 5.41) is 13.9. The van der Waals surface area contributed by atoms with Crippen LogP contribution in [0.25, 0.3) is 0 Å². The molecule has 1 N–H and O–H groups in total. The fourth-order valence-corrected chi connectivity index (χ4v) is 1.70. The van der Waals surface area contributed by atoms with Crippen molar-refractivity contribution >= 4 is 11.6 Å². The van der Waals surface area contributed by atoms with E-state index in [1.165, 1.54) is 26.4 Å². The topological polar surface area (TPSA) is 99.4 Å². The first-order valence-electron chi connectivity index (χ1n) is 6.07. The summed E-state index contributed by atoms with van der Waals surface area (Å²) in [5.74, 6) is 0.947. The molecule has 8 heteroatoms. The number of nitro groups is 1. The Morgan fingerprint density at radius 2 is 1.81 bits per heavy atom. The molecule has 0 saturated heterocycles. The molecule has 1 aromatic carbocycles. The smallest absolute Gasteiger partial charge is 0.274 e. The van der Waals surface area contributed by atoms with Gasteiger partial charge in [0, 0.05) is 18.2 Å². The molecule has 0 aliphatic heterocycles. The van der Waals surface area contributed by atoms with Crippen LogP contribution in [0.2, 0.25) is 0 Å². The summed E-state index contributed by atoms with van der Waals surface area (Å²) in [4.78, 5) is 18.7. The second-order valence-electron chi connectivity index (χ2n) is 4.02. The molecule has 8 nitrogen and oxygen atoms in total. The van der Waals surface area contributed by atoms with Crippen LogP contribution in [0.1, 0.15) is 5.56 Å². The number of benzene rings is 1. The first-order chi connectivity index (χ1) is 10.1. The van der Waals surface area contributed by atoms with E-state index in [0.717, 1.165) is 0 Å². The van der Waals surface area contributed by atoms with Crippen molar-refractivity contribution < 1.29 is 14.4 Å².